The van der Waals surface area contributed by atoms with Gasteiger partial charge in [-0.15, -0.1) is 0 Å². The molecule has 0 atom stereocenters. The Balaban J connectivity index is 2.56. The number of sulfonamides is 1. The zero-order valence-corrected chi connectivity index (χ0v) is 9.28. The van der Waals surface area contributed by atoms with Gasteiger partial charge in [-0.2, -0.15) is 0 Å². The van der Waals surface area contributed by atoms with Gasteiger partial charge in [0.2, 0.25) is 10.0 Å². The number of rotatable bonds is 5. The van der Waals surface area contributed by atoms with Crippen LogP contribution in [0.5, 0.6) is 0 Å². The molecule has 1 aliphatic carbocycles. The van der Waals surface area contributed by atoms with Crippen LogP contribution in [-0.4, -0.2) is 19.7 Å². The van der Waals surface area contributed by atoms with E-state index in [0.717, 1.165) is 25.7 Å². The SMILES string of the molecule is CCCS(=O)(=O)NC1(CC)CCC1. The summed E-state index contributed by atoms with van der Waals surface area (Å²) >= 11 is 0. The Morgan fingerprint density at radius 1 is 1.31 bits per heavy atom. The van der Waals surface area contributed by atoms with Gasteiger partial charge in [-0.3, -0.25) is 0 Å². The highest BCUT2D eigenvalue weighted by molar-refractivity contribution is 7.89. The maximum atomic E-state index is 11.5. The first kappa shape index (κ1) is 11.0. The topological polar surface area (TPSA) is 46.2 Å². The molecule has 0 unspecified atom stereocenters. The Morgan fingerprint density at radius 3 is 2.23 bits per heavy atom. The summed E-state index contributed by atoms with van der Waals surface area (Å²) in [5.74, 6) is 0.259. The molecule has 3 nitrogen and oxygen atoms in total. The highest BCUT2D eigenvalue weighted by atomic mass is 32.2. The molecular weight excluding hydrogens is 186 g/mol. The van der Waals surface area contributed by atoms with Gasteiger partial charge in [-0.25, -0.2) is 13.1 Å². The van der Waals surface area contributed by atoms with Gasteiger partial charge < -0.3 is 0 Å². The smallest absolute Gasteiger partial charge is 0.212 e. The van der Waals surface area contributed by atoms with Gasteiger partial charge in [0.05, 0.1) is 5.75 Å². The summed E-state index contributed by atoms with van der Waals surface area (Å²) in [5.41, 5.74) is -0.0893. The van der Waals surface area contributed by atoms with Gasteiger partial charge in [0, 0.05) is 5.54 Å². The molecule has 0 aromatic heterocycles. The Hall–Kier alpha value is -0.0900. The maximum Gasteiger partial charge on any atom is 0.212 e. The molecule has 1 saturated carbocycles. The molecule has 0 aromatic carbocycles. The van der Waals surface area contributed by atoms with Gasteiger partial charge in [0.15, 0.2) is 0 Å². The highest BCUT2D eigenvalue weighted by Gasteiger charge is 2.38. The number of hydrogen-bond acceptors (Lipinski definition) is 2. The highest BCUT2D eigenvalue weighted by Crippen LogP contribution is 2.35. The van der Waals surface area contributed by atoms with Crippen LogP contribution in [0, 0.1) is 0 Å². The number of hydrogen-bond donors (Lipinski definition) is 1. The Kier molecular flexibility index (Phi) is 3.35. The fourth-order valence-corrected chi connectivity index (χ4v) is 3.43. The van der Waals surface area contributed by atoms with E-state index in [2.05, 4.69) is 4.72 Å². The van der Waals surface area contributed by atoms with Crippen molar-refractivity contribution in [3.8, 4) is 0 Å². The van der Waals surface area contributed by atoms with E-state index in [1.807, 2.05) is 13.8 Å². The van der Waals surface area contributed by atoms with Crippen LogP contribution in [0.1, 0.15) is 46.0 Å². The molecule has 1 aliphatic rings. The molecule has 0 spiro atoms. The second-order valence-electron chi connectivity index (χ2n) is 3.91. The molecule has 0 amide bonds. The van der Waals surface area contributed by atoms with Gasteiger partial charge in [-0.1, -0.05) is 13.8 Å². The zero-order valence-electron chi connectivity index (χ0n) is 8.47. The van der Waals surface area contributed by atoms with Gasteiger partial charge in [0.25, 0.3) is 0 Å². The van der Waals surface area contributed by atoms with Crippen LogP contribution < -0.4 is 4.72 Å². The van der Waals surface area contributed by atoms with Crippen molar-refractivity contribution in [3.63, 3.8) is 0 Å². The van der Waals surface area contributed by atoms with E-state index < -0.39 is 10.0 Å². The average Bonchev–Trinajstić information content (AvgIpc) is 1.97. The van der Waals surface area contributed by atoms with Crippen molar-refractivity contribution in [2.45, 2.75) is 51.5 Å². The molecule has 4 heteroatoms. The lowest BCUT2D eigenvalue weighted by molar-refractivity contribution is 0.214. The standard InChI is InChI=1S/C9H19NO2S/c1-3-8-13(11,12)10-9(4-2)6-5-7-9/h10H,3-8H2,1-2H3. The summed E-state index contributed by atoms with van der Waals surface area (Å²) < 4.78 is 25.8. The average molecular weight is 205 g/mol. The molecule has 0 aliphatic heterocycles. The summed E-state index contributed by atoms with van der Waals surface area (Å²) in [6.07, 6.45) is 4.77. The molecule has 0 radical (unpaired) electrons. The normalized spacial score (nSPS) is 21.1. The molecule has 78 valence electrons. The van der Waals surface area contributed by atoms with Crippen molar-refractivity contribution in [2.75, 3.05) is 5.75 Å². The number of nitrogens with one attached hydrogen (secondary N) is 1. The van der Waals surface area contributed by atoms with E-state index in [0.29, 0.717) is 6.42 Å². The third-order valence-electron chi connectivity index (χ3n) is 2.83. The first-order valence-electron chi connectivity index (χ1n) is 5.05. The van der Waals surface area contributed by atoms with Crippen molar-refractivity contribution in [1.29, 1.82) is 0 Å². The zero-order chi connectivity index (χ0) is 9.95. The van der Waals surface area contributed by atoms with Crippen LogP contribution in [0.15, 0.2) is 0 Å². The molecule has 1 rings (SSSR count). The Labute approximate surface area is 81.0 Å². The van der Waals surface area contributed by atoms with E-state index in [4.69, 9.17) is 0 Å². The first-order chi connectivity index (χ1) is 6.04. The molecule has 1 fully saturated rings. The lowest BCUT2D eigenvalue weighted by Gasteiger charge is -2.41. The Morgan fingerprint density at radius 2 is 1.92 bits per heavy atom. The van der Waals surface area contributed by atoms with Crippen LogP contribution in [0.3, 0.4) is 0 Å². The van der Waals surface area contributed by atoms with Gasteiger partial charge >= 0.3 is 0 Å². The minimum Gasteiger partial charge on any atom is -0.212 e. The van der Waals surface area contributed by atoms with E-state index in [1.165, 1.54) is 0 Å². The van der Waals surface area contributed by atoms with Gasteiger partial charge in [0.1, 0.15) is 0 Å². The van der Waals surface area contributed by atoms with E-state index >= 15 is 0 Å². The minimum atomic E-state index is -3.01. The minimum absolute atomic E-state index is 0.0893. The van der Waals surface area contributed by atoms with Crippen molar-refractivity contribution in [2.24, 2.45) is 0 Å². The molecule has 0 bridgehead atoms. The van der Waals surface area contributed by atoms with E-state index in [1.54, 1.807) is 0 Å². The summed E-state index contributed by atoms with van der Waals surface area (Å²) in [6, 6.07) is 0. The van der Waals surface area contributed by atoms with Crippen LogP contribution in [0.25, 0.3) is 0 Å². The quantitative estimate of drug-likeness (QED) is 0.741. The summed E-state index contributed by atoms with van der Waals surface area (Å²) in [4.78, 5) is 0. The van der Waals surface area contributed by atoms with Crippen LogP contribution in [0.4, 0.5) is 0 Å². The van der Waals surface area contributed by atoms with Crippen molar-refractivity contribution >= 4 is 10.0 Å². The summed E-state index contributed by atoms with van der Waals surface area (Å²) in [5, 5.41) is 0. The molecule has 0 saturated heterocycles. The molecule has 0 heterocycles. The van der Waals surface area contributed by atoms with Gasteiger partial charge in [-0.05, 0) is 32.1 Å². The summed E-state index contributed by atoms with van der Waals surface area (Å²) in [6.45, 7) is 3.94. The second-order valence-corrected chi connectivity index (χ2v) is 5.75. The second kappa shape index (κ2) is 3.96. The van der Waals surface area contributed by atoms with E-state index in [9.17, 15) is 8.42 Å². The fraction of sp³-hybridized carbons (Fsp3) is 1.00. The molecule has 1 N–H and O–H groups in total. The predicted octanol–water partition coefficient (Wildman–Crippen LogP) is 1.65. The largest absolute Gasteiger partial charge is 0.212 e. The van der Waals surface area contributed by atoms with Crippen molar-refractivity contribution in [3.05, 3.63) is 0 Å². The maximum absolute atomic E-state index is 11.5. The van der Waals surface area contributed by atoms with Crippen LogP contribution in [0.2, 0.25) is 0 Å². The fourth-order valence-electron chi connectivity index (χ4n) is 1.78. The third-order valence-corrected chi connectivity index (χ3v) is 4.52. The monoisotopic (exact) mass is 205 g/mol. The summed E-state index contributed by atoms with van der Waals surface area (Å²) in [7, 11) is -3.01. The van der Waals surface area contributed by atoms with Crippen molar-refractivity contribution < 1.29 is 8.42 Å². The molecule has 13 heavy (non-hydrogen) atoms. The van der Waals surface area contributed by atoms with Crippen LogP contribution >= 0.6 is 0 Å². The third kappa shape index (κ3) is 2.68. The van der Waals surface area contributed by atoms with E-state index in [-0.39, 0.29) is 11.3 Å². The predicted molar refractivity (Wildman–Crippen MR) is 54.1 cm³/mol. The lowest BCUT2D eigenvalue weighted by Crippen LogP contribution is -2.53. The lowest BCUT2D eigenvalue weighted by atomic mass is 9.76. The first-order valence-corrected chi connectivity index (χ1v) is 6.70. The Bertz CT molecular complexity index is 249. The van der Waals surface area contributed by atoms with Crippen molar-refractivity contribution in [1.82, 2.24) is 4.72 Å². The molecular formula is C9H19NO2S. The molecule has 0 aromatic rings. The van der Waals surface area contributed by atoms with Crippen LogP contribution in [-0.2, 0) is 10.0 Å².